The van der Waals surface area contributed by atoms with Gasteiger partial charge in [0.25, 0.3) is 5.91 Å². The lowest BCUT2D eigenvalue weighted by Crippen LogP contribution is -2.37. The third kappa shape index (κ3) is 2.58. The second kappa shape index (κ2) is 6.58. The molecule has 2 saturated heterocycles. The number of rotatable bonds is 3. The largest absolute Gasteiger partial charge is 0.280 e. The normalized spacial score (nSPS) is 25.1. The number of para-hydroxylation sites is 1. The average molecular weight is 391 g/mol. The van der Waals surface area contributed by atoms with Crippen LogP contribution in [-0.4, -0.2) is 29.4 Å². The molecule has 0 saturated carbocycles. The molecule has 2 heterocycles. The molecule has 2 aromatic rings. The molecule has 2 aliphatic heterocycles. The van der Waals surface area contributed by atoms with Crippen LogP contribution in [0.3, 0.4) is 0 Å². The van der Waals surface area contributed by atoms with Gasteiger partial charge in [-0.25, -0.2) is 5.06 Å². The molecule has 7 heteroatoms. The highest BCUT2D eigenvalue weighted by atomic mass is 35.5. The molecular weight excluding hydrogens is 375 g/mol. The lowest BCUT2D eigenvalue weighted by atomic mass is 9.90. The quantitative estimate of drug-likeness (QED) is 0.746. The number of nitrogens with zero attached hydrogens (tertiary/aromatic N) is 2. The van der Waals surface area contributed by atoms with Crippen molar-refractivity contribution in [2.75, 3.05) is 11.6 Å². The van der Waals surface area contributed by atoms with Crippen molar-refractivity contribution in [1.29, 1.82) is 0 Å². The molecular formula is C19H16Cl2N2O3. The summed E-state index contributed by atoms with van der Waals surface area (Å²) < 4.78 is 0. The first kappa shape index (κ1) is 17.3. The number of likely N-dealkylation sites (N-methyl/N-ethyl adjacent to an activating group) is 1. The van der Waals surface area contributed by atoms with Gasteiger partial charge in [0, 0.05) is 16.6 Å². The van der Waals surface area contributed by atoms with Gasteiger partial charge in [0.05, 0.1) is 11.7 Å². The maximum absolute atomic E-state index is 12.9. The van der Waals surface area contributed by atoms with Crippen LogP contribution in [0.5, 0.6) is 0 Å². The van der Waals surface area contributed by atoms with E-state index in [0.29, 0.717) is 22.2 Å². The van der Waals surface area contributed by atoms with Gasteiger partial charge in [-0.1, -0.05) is 47.5 Å². The second-order valence-electron chi connectivity index (χ2n) is 6.24. The fraction of sp³-hybridized carbons (Fsp3) is 0.263. The minimum absolute atomic E-state index is 0.239. The van der Waals surface area contributed by atoms with Crippen molar-refractivity contribution in [3.63, 3.8) is 0 Å². The molecule has 134 valence electrons. The summed E-state index contributed by atoms with van der Waals surface area (Å²) in [6.45, 7) is 2.09. The van der Waals surface area contributed by atoms with Crippen LogP contribution >= 0.6 is 23.2 Å². The number of carbonyl (C=O) groups is 2. The van der Waals surface area contributed by atoms with Crippen molar-refractivity contribution >= 4 is 40.7 Å². The summed E-state index contributed by atoms with van der Waals surface area (Å²) in [4.78, 5) is 32.7. The number of halogens is 2. The topological polar surface area (TPSA) is 49.9 Å². The fourth-order valence-electron chi connectivity index (χ4n) is 3.64. The highest BCUT2D eigenvalue weighted by molar-refractivity contribution is 6.35. The number of anilines is 1. The van der Waals surface area contributed by atoms with Gasteiger partial charge in [-0.15, -0.1) is 0 Å². The Labute approximate surface area is 161 Å². The van der Waals surface area contributed by atoms with E-state index in [-0.39, 0.29) is 11.8 Å². The summed E-state index contributed by atoms with van der Waals surface area (Å²) in [6, 6.07) is 14.0. The SMILES string of the molecule is CCN1C(=O)[C@H]2[C@H](ON(c3ccccc3)[C@@H]2c2ccc(Cl)cc2Cl)C1=O. The van der Waals surface area contributed by atoms with Crippen LogP contribution < -0.4 is 5.06 Å². The zero-order valence-electron chi connectivity index (χ0n) is 13.9. The predicted octanol–water partition coefficient (Wildman–Crippen LogP) is 3.86. The lowest BCUT2D eigenvalue weighted by molar-refractivity contribution is -0.142. The van der Waals surface area contributed by atoms with E-state index in [1.54, 1.807) is 30.2 Å². The lowest BCUT2D eigenvalue weighted by Gasteiger charge is -2.29. The van der Waals surface area contributed by atoms with E-state index < -0.39 is 18.1 Å². The number of hydrogen-bond acceptors (Lipinski definition) is 4. The Morgan fingerprint density at radius 3 is 2.42 bits per heavy atom. The molecule has 0 spiro atoms. The van der Waals surface area contributed by atoms with Crippen molar-refractivity contribution in [3.8, 4) is 0 Å². The number of fused-ring (bicyclic) bond motifs is 1. The van der Waals surface area contributed by atoms with Crippen LogP contribution in [0.25, 0.3) is 0 Å². The van der Waals surface area contributed by atoms with Crippen LogP contribution in [0.2, 0.25) is 10.0 Å². The smallest absolute Gasteiger partial charge is 0.261 e. The first-order valence-corrected chi connectivity index (χ1v) is 9.09. The predicted molar refractivity (Wildman–Crippen MR) is 98.9 cm³/mol. The van der Waals surface area contributed by atoms with Gasteiger partial charge in [0.2, 0.25) is 5.91 Å². The van der Waals surface area contributed by atoms with E-state index in [4.69, 9.17) is 28.0 Å². The summed E-state index contributed by atoms with van der Waals surface area (Å²) in [5, 5.41) is 2.56. The number of likely N-dealkylation sites (tertiary alicyclic amines) is 1. The zero-order valence-corrected chi connectivity index (χ0v) is 15.4. The minimum Gasteiger partial charge on any atom is -0.280 e. The molecule has 0 bridgehead atoms. The molecule has 5 nitrogen and oxygen atoms in total. The average Bonchev–Trinajstić information content (AvgIpc) is 3.12. The molecule has 26 heavy (non-hydrogen) atoms. The number of amides is 2. The molecule has 3 atom stereocenters. The number of benzene rings is 2. The molecule has 2 fully saturated rings. The summed E-state index contributed by atoms with van der Waals surface area (Å²) in [5.41, 5.74) is 1.45. The molecule has 0 radical (unpaired) electrons. The van der Waals surface area contributed by atoms with Crippen molar-refractivity contribution in [2.45, 2.75) is 19.1 Å². The highest BCUT2D eigenvalue weighted by Gasteiger charge is 2.59. The van der Waals surface area contributed by atoms with E-state index in [1.807, 2.05) is 30.3 Å². The van der Waals surface area contributed by atoms with Crippen LogP contribution in [0.1, 0.15) is 18.5 Å². The van der Waals surface area contributed by atoms with Gasteiger partial charge in [0.1, 0.15) is 5.92 Å². The number of hydrogen-bond donors (Lipinski definition) is 0. The molecule has 4 rings (SSSR count). The van der Waals surface area contributed by atoms with Crippen molar-refractivity contribution in [3.05, 3.63) is 64.1 Å². The molecule has 0 aliphatic carbocycles. The van der Waals surface area contributed by atoms with E-state index >= 15 is 0 Å². The molecule has 2 amide bonds. The van der Waals surface area contributed by atoms with Crippen LogP contribution in [0.4, 0.5) is 5.69 Å². The summed E-state index contributed by atoms with van der Waals surface area (Å²) >= 11 is 12.5. The van der Waals surface area contributed by atoms with E-state index in [1.165, 1.54) is 4.90 Å². The Morgan fingerprint density at radius 1 is 1.04 bits per heavy atom. The minimum atomic E-state index is -0.848. The molecule has 2 aromatic carbocycles. The van der Waals surface area contributed by atoms with E-state index in [2.05, 4.69) is 0 Å². The first-order chi connectivity index (χ1) is 12.5. The number of hydroxylamine groups is 1. The second-order valence-corrected chi connectivity index (χ2v) is 7.09. The Hall–Kier alpha value is -2.08. The van der Waals surface area contributed by atoms with Gasteiger partial charge in [0.15, 0.2) is 6.10 Å². The monoisotopic (exact) mass is 390 g/mol. The van der Waals surface area contributed by atoms with Crippen LogP contribution in [-0.2, 0) is 14.4 Å². The first-order valence-electron chi connectivity index (χ1n) is 8.34. The summed E-state index contributed by atoms with van der Waals surface area (Å²) in [7, 11) is 0. The van der Waals surface area contributed by atoms with Gasteiger partial charge in [-0.05, 0) is 36.8 Å². The molecule has 0 unspecified atom stereocenters. The Bertz CT molecular complexity index is 874. The van der Waals surface area contributed by atoms with Crippen molar-refractivity contribution in [1.82, 2.24) is 4.90 Å². The maximum atomic E-state index is 12.9. The van der Waals surface area contributed by atoms with Gasteiger partial charge in [-0.2, -0.15) is 0 Å². The number of imide groups is 1. The molecule has 0 N–H and O–H groups in total. The van der Waals surface area contributed by atoms with Gasteiger partial charge < -0.3 is 0 Å². The molecule has 0 aromatic heterocycles. The van der Waals surface area contributed by atoms with Crippen molar-refractivity contribution < 1.29 is 14.4 Å². The third-order valence-corrected chi connectivity index (χ3v) is 5.38. The van der Waals surface area contributed by atoms with Gasteiger partial charge >= 0.3 is 0 Å². The zero-order chi connectivity index (χ0) is 18.4. The van der Waals surface area contributed by atoms with Crippen LogP contribution in [0, 0.1) is 5.92 Å². The Kier molecular flexibility index (Phi) is 4.39. The van der Waals surface area contributed by atoms with Crippen molar-refractivity contribution in [2.24, 2.45) is 5.92 Å². The standard InChI is InChI=1S/C19H16Cl2N2O3/c1-2-22-18(24)15-16(13-9-8-11(20)10-14(13)21)23(26-17(15)19(22)25)12-6-4-3-5-7-12/h3-10,15-17H,2H2,1H3/t15-,16-,17+/m1/s1. The maximum Gasteiger partial charge on any atom is 0.261 e. The third-order valence-electron chi connectivity index (χ3n) is 4.81. The fourth-order valence-corrected chi connectivity index (χ4v) is 4.16. The highest BCUT2D eigenvalue weighted by Crippen LogP contribution is 2.48. The van der Waals surface area contributed by atoms with E-state index in [9.17, 15) is 9.59 Å². The van der Waals surface area contributed by atoms with Gasteiger partial charge in [-0.3, -0.25) is 19.3 Å². The Balaban J connectivity index is 1.84. The van der Waals surface area contributed by atoms with E-state index in [0.717, 1.165) is 5.69 Å². The molecule has 2 aliphatic rings. The van der Waals surface area contributed by atoms with Crippen LogP contribution in [0.15, 0.2) is 48.5 Å². The summed E-state index contributed by atoms with van der Waals surface area (Å²) in [5.74, 6) is -1.20. The Morgan fingerprint density at radius 2 is 1.77 bits per heavy atom. The number of carbonyl (C=O) groups excluding carboxylic acids is 2. The summed E-state index contributed by atoms with van der Waals surface area (Å²) in [6.07, 6.45) is -0.848.